The largest absolute Gasteiger partial charge is 0.313 e. The van der Waals surface area contributed by atoms with Crippen LogP contribution in [0.25, 0.3) is 0 Å². The molecule has 4 heteroatoms. The van der Waals surface area contributed by atoms with Gasteiger partial charge in [-0.25, -0.2) is 0 Å². The summed E-state index contributed by atoms with van der Waals surface area (Å²) in [7, 11) is 0. The first-order chi connectivity index (χ1) is 9.17. The summed E-state index contributed by atoms with van der Waals surface area (Å²) in [5.74, 6) is 0.822. The number of rotatable bonds is 7. The molecule has 1 unspecified atom stereocenters. The SMILES string of the molecule is CCCNC(Cc1c(Cl)c(C)nn1CC)C1CCC1. The molecule has 1 atom stereocenters. The number of aromatic nitrogens is 2. The Balaban J connectivity index is 2.11. The van der Waals surface area contributed by atoms with Gasteiger partial charge in [0.15, 0.2) is 0 Å². The molecule has 3 nitrogen and oxygen atoms in total. The molecule has 2 rings (SSSR count). The van der Waals surface area contributed by atoms with Crippen LogP contribution < -0.4 is 5.32 Å². The standard InChI is InChI=1S/C15H26ClN3/c1-4-9-17-13(12-7-6-8-12)10-14-15(16)11(3)18-19(14)5-2/h12-13,17H,4-10H2,1-3H3. The third kappa shape index (κ3) is 3.32. The Hall–Kier alpha value is -0.540. The van der Waals surface area contributed by atoms with E-state index in [9.17, 15) is 0 Å². The van der Waals surface area contributed by atoms with E-state index in [1.807, 2.05) is 6.92 Å². The predicted molar refractivity (Wildman–Crippen MR) is 80.8 cm³/mol. The molecule has 0 spiro atoms. The second kappa shape index (κ2) is 6.76. The smallest absolute Gasteiger partial charge is 0.0847 e. The van der Waals surface area contributed by atoms with Gasteiger partial charge in [-0.1, -0.05) is 24.9 Å². The third-order valence-corrected chi connectivity index (χ3v) is 4.73. The number of nitrogens with zero attached hydrogens (tertiary/aromatic N) is 2. The molecule has 0 bridgehead atoms. The highest BCUT2D eigenvalue weighted by molar-refractivity contribution is 6.31. The van der Waals surface area contributed by atoms with Crippen molar-refractivity contribution < 1.29 is 0 Å². The summed E-state index contributed by atoms with van der Waals surface area (Å²) in [4.78, 5) is 0. The molecule has 1 aromatic rings. The van der Waals surface area contributed by atoms with E-state index in [1.54, 1.807) is 0 Å². The second-order valence-corrected chi connectivity index (χ2v) is 6.00. The Morgan fingerprint density at radius 2 is 2.16 bits per heavy atom. The van der Waals surface area contributed by atoms with Crippen LogP contribution in [-0.2, 0) is 13.0 Å². The van der Waals surface area contributed by atoms with Crippen molar-refractivity contribution in [2.24, 2.45) is 5.92 Å². The molecule has 0 saturated heterocycles. The van der Waals surface area contributed by atoms with E-state index in [0.29, 0.717) is 6.04 Å². The molecule has 1 aliphatic rings. The van der Waals surface area contributed by atoms with Crippen LogP contribution in [0.4, 0.5) is 0 Å². The Morgan fingerprint density at radius 3 is 2.68 bits per heavy atom. The highest BCUT2D eigenvalue weighted by Crippen LogP contribution is 2.32. The average molecular weight is 284 g/mol. The van der Waals surface area contributed by atoms with Gasteiger partial charge < -0.3 is 5.32 Å². The molecule has 1 aliphatic carbocycles. The van der Waals surface area contributed by atoms with E-state index in [0.717, 1.165) is 36.1 Å². The summed E-state index contributed by atoms with van der Waals surface area (Å²) in [5.41, 5.74) is 2.17. The fourth-order valence-corrected chi connectivity index (χ4v) is 3.06. The molecule has 1 heterocycles. The lowest BCUT2D eigenvalue weighted by Gasteiger charge is -2.34. The molecule has 0 amide bonds. The van der Waals surface area contributed by atoms with Crippen LogP contribution in [0.15, 0.2) is 0 Å². The zero-order chi connectivity index (χ0) is 13.8. The Kier molecular flexibility index (Phi) is 5.28. The van der Waals surface area contributed by atoms with E-state index < -0.39 is 0 Å². The second-order valence-electron chi connectivity index (χ2n) is 5.62. The van der Waals surface area contributed by atoms with Gasteiger partial charge in [-0.3, -0.25) is 4.68 Å². The van der Waals surface area contributed by atoms with Crippen molar-refractivity contribution in [3.8, 4) is 0 Å². The molecule has 0 aliphatic heterocycles. The lowest BCUT2D eigenvalue weighted by Crippen LogP contribution is -2.42. The summed E-state index contributed by atoms with van der Waals surface area (Å²) in [6.45, 7) is 8.34. The van der Waals surface area contributed by atoms with E-state index >= 15 is 0 Å². The first-order valence-electron chi connectivity index (χ1n) is 7.62. The van der Waals surface area contributed by atoms with Crippen LogP contribution in [0.3, 0.4) is 0 Å². The molecular formula is C15H26ClN3. The van der Waals surface area contributed by atoms with E-state index in [2.05, 4.69) is 28.9 Å². The third-order valence-electron chi connectivity index (χ3n) is 4.24. The Labute approximate surface area is 121 Å². The van der Waals surface area contributed by atoms with Crippen molar-refractivity contribution in [3.63, 3.8) is 0 Å². The number of aryl methyl sites for hydroxylation is 2. The van der Waals surface area contributed by atoms with Gasteiger partial charge in [0.05, 0.1) is 16.4 Å². The van der Waals surface area contributed by atoms with Crippen molar-refractivity contribution in [3.05, 3.63) is 16.4 Å². The number of nitrogens with one attached hydrogen (secondary N) is 1. The highest BCUT2D eigenvalue weighted by atomic mass is 35.5. The van der Waals surface area contributed by atoms with E-state index in [-0.39, 0.29) is 0 Å². The lowest BCUT2D eigenvalue weighted by atomic mass is 9.78. The number of hydrogen-bond acceptors (Lipinski definition) is 2. The average Bonchev–Trinajstić information content (AvgIpc) is 2.61. The summed E-state index contributed by atoms with van der Waals surface area (Å²) < 4.78 is 2.07. The van der Waals surface area contributed by atoms with Crippen LogP contribution in [0.1, 0.15) is 50.9 Å². The number of halogens is 1. The van der Waals surface area contributed by atoms with Gasteiger partial charge in [0, 0.05) is 19.0 Å². The van der Waals surface area contributed by atoms with Gasteiger partial charge in [0.1, 0.15) is 0 Å². The monoisotopic (exact) mass is 283 g/mol. The summed E-state index contributed by atoms with van der Waals surface area (Å²) in [5, 5.41) is 9.10. The minimum absolute atomic E-state index is 0.563. The van der Waals surface area contributed by atoms with Gasteiger partial charge in [-0.2, -0.15) is 5.10 Å². The zero-order valence-corrected chi connectivity index (χ0v) is 13.1. The zero-order valence-electron chi connectivity index (χ0n) is 12.4. The Bertz CT molecular complexity index is 410. The van der Waals surface area contributed by atoms with Crippen molar-refractivity contribution >= 4 is 11.6 Å². The first-order valence-corrected chi connectivity index (χ1v) is 8.00. The maximum absolute atomic E-state index is 6.43. The predicted octanol–water partition coefficient (Wildman–Crippen LogP) is 3.58. The molecule has 1 saturated carbocycles. The van der Waals surface area contributed by atoms with Crippen LogP contribution >= 0.6 is 11.6 Å². The molecule has 19 heavy (non-hydrogen) atoms. The molecule has 1 aromatic heterocycles. The Morgan fingerprint density at radius 1 is 1.42 bits per heavy atom. The van der Waals surface area contributed by atoms with Gasteiger partial charge in [0.2, 0.25) is 0 Å². The highest BCUT2D eigenvalue weighted by Gasteiger charge is 2.28. The fraction of sp³-hybridized carbons (Fsp3) is 0.800. The molecule has 0 aromatic carbocycles. The minimum Gasteiger partial charge on any atom is -0.313 e. The molecule has 108 valence electrons. The van der Waals surface area contributed by atoms with Crippen molar-refractivity contribution in [1.82, 2.24) is 15.1 Å². The molecule has 0 radical (unpaired) electrons. The topological polar surface area (TPSA) is 29.9 Å². The van der Waals surface area contributed by atoms with E-state index in [1.165, 1.54) is 31.4 Å². The minimum atomic E-state index is 0.563. The summed E-state index contributed by atoms with van der Waals surface area (Å²) in [6.07, 6.45) is 6.30. The quantitative estimate of drug-likeness (QED) is 0.829. The van der Waals surface area contributed by atoms with Gasteiger partial charge >= 0.3 is 0 Å². The molecule has 1 N–H and O–H groups in total. The first kappa shape index (κ1) is 14.9. The number of hydrogen-bond donors (Lipinski definition) is 1. The molecule has 1 fully saturated rings. The fourth-order valence-electron chi connectivity index (χ4n) is 2.85. The molecular weight excluding hydrogens is 258 g/mol. The normalized spacial score (nSPS) is 17.5. The van der Waals surface area contributed by atoms with Crippen LogP contribution in [0.2, 0.25) is 5.02 Å². The lowest BCUT2D eigenvalue weighted by molar-refractivity contribution is 0.225. The maximum atomic E-state index is 6.43. The summed E-state index contributed by atoms with van der Waals surface area (Å²) >= 11 is 6.43. The van der Waals surface area contributed by atoms with Gasteiger partial charge in [0.25, 0.3) is 0 Å². The van der Waals surface area contributed by atoms with Crippen molar-refractivity contribution in [1.29, 1.82) is 0 Å². The van der Waals surface area contributed by atoms with Gasteiger partial charge in [-0.15, -0.1) is 0 Å². The van der Waals surface area contributed by atoms with E-state index in [4.69, 9.17) is 11.6 Å². The van der Waals surface area contributed by atoms with Crippen molar-refractivity contribution in [2.75, 3.05) is 6.54 Å². The van der Waals surface area contributed by atoms with Gasteiger partial charge in [-0.05, 0) is 45.6 Å². The van der Waals surface area contributed by atoms with Crippen LogP contribution in [-0.4, -0.2) is 22.4 Å². The van der Waals surface area contributed by atoms with Crippen LogP contribution in [0.5, 0.6) is 0 Å². The van der Waals surface area contributed by atoms with Crippen molar-refractivity contribution in [2.45, 2.75) is 65.5 Å². The maximum Gasteiger partial charge on any atom is 0.0847 e. The summed E-state index contributed by atoms with van der Waals surface area (Å²) in [6, 6.07) is 0.563. The van der Waals surface area contributed by atoms with Crippen LogP contribution in [0, 0.1) is 12.8 Å².